The number of nitrogens with one attached hydrogen (secondary N) is 1. The molecule has 8 heteroatoms. The highest BCUT2D eigenvalue weighted by molar-refractivity contribution is 5.84. The Morgan fingerprint density at radius 2 is 1.73 bits per heavy atom. The first kappa shape index (κ1) is 18.4. The van der Waals surface area contributed by atoms with Crippen molar-refractivity contribution in [2.75, 3.05) is 31.1 Å². The van der Waals surface area contributed by atoms with Crippen LogP contribution < -0.4 is 4.90 Å². The van der Waals surface area contributed by atoms with Gasteiger partial charge in [-0.2, -0.15) is 4.68 Å². The minimum atomic E-state index is 0.197. The Kier molecular flexibility index (Phi) is 4.88. The average Bonchev–Trinajstić information content (AvgIpc) is 3.46. The van der Waals surface area contributed by atoms with Gasteiger partial charge < -0.3 is 14.8 Å². The monoisotopic (exact) mass is 401 g/mol. The van der Waals surface area contributed by atoms with Gasteiger partial charge >= 0.3 is 0 Å². The summed E-state index contributed by atoms with van der Waals surface area (Å²) in [5.41, 5.74) is 3.24. The minimum absolute atomic E-state index is 0.197. The number of H-pyrrole nitrogens is 1. The van der Waals surface area contributed by atoms with Crippen molar-refractivity contribution in [3.63, 3.8) is 0 Å². The summed E-state index contributed by atoms with van der Waals surface area (Å²) >= 11 is 0. The highest BCUT2D eigenvalue weighted by Gasteiger charge is 2.24. The van der Waals surface area contributed by atoms with Gasteiger partial charge in [0.2, 0.25) is 11.9 Å². The normalized spacial score (nSPS) is 14.4. The first-order valence-corrected chi connectivity index (χ1v) is 10.2. The van der Waals surface area contributed by atoms with Gasteiger partial charge in [-0.05, 0) is 40.6 Å². The van der Waals surface area contributed by atoms with Crippen LogP contribution in [0.1, 0.15) is 12.0 Å². The number of aromatic nitrogens is 5. The lowest BCUT2D eigenvalue weighted by Crippen LogP contribution is -2.49. The lowest BCUT2D eigenvalue weighted by molar-refractivity contribution is -0.131. The van der Waals surface area contributed by atoms with Crippen LogP contribution in [0.4, 0.5) is 5.95 Å². The summed E-state index contributed by atoms with van der Waals surface area (Å²) in [7, 11) is 0. The number of aromatic amines is 1. The Bertz CT molecular complexity index is 1140. The molecule has 8 nitrogen and oxygen atoms in total. The van der Waals surface area contributed by atoms with Crippen molar-refractivity contribution < 1.29 is 4.79 Å². The van der Waals surface area contributed by atoms with E-state index < -0.39 is 0 Å². The molecular formula is C22H23N7O. The topological polar surface area (TPSA) is 82.9 Å². The summed E-state index contributed by atoms with van der Waals surface area (Å²) in [6.45, 7) is 2.78. The van der Waals surface area contributed by atoms with Crippen LogP contribution in [-0.4, -0.2) is 62.2 Å². The Morgan fingerprint density at radius 3 is 2.57 bits per heavy atom. The van der Waals surface area contributed by atoms with Gasteiger partial charge in [0.05, 0.1) is 5.69 Å². The molecule has 5 rings (SSSR count). The molecule has 1 N–H and O–H groups in total. The highest BCUT2D eigenvalue weighted by atomic mass is 16.2. The number of para-hydroxylation sites is 2. The molecule has 0 radical (unpaired) electrons. The summed E-state index contributed by atoms with van der Waals surface area (Å²) in [6.07, 6.45) is 3.28. The number of piperazine rings is 1. The quantitative estimate of drug-likeness (QED) is 0.555. The number of aryl methyl sites for hydroxylation is 1. The zero-order chi connectivity index (χ0) is 20.3. The number of amides is 1. The first-order valence-electron chi connectivity index (χ1n) is 10.2. The van der Waals surface area contributed by atoms with Gasteiger partial charge in [-0.1, -0.05) is 41.5 Å². The third-order valence-corrected chi connectivity index (χ3v) is 5.65. The number of anilines is 1. The second kappa shape index (κ2) is 7.98. The van der Waals surface area contributed by atoms with Crippen LogP contribution in [0, 0.1) is 0 Å². The predicted molar refractivity (Wildman–Crippen MR) is 115 cm³/mol. The maximum absolute atomic E-state index is 12.8. The van der Waals surface area contributed by atoms with E-state index in [-0.39, 0.29) is 5.91 Å². The maximum atomic E-state index is 12.8. The van der Waals surface area contributed by atoms with Crippen molar-refractivity contribution in [2.45, 2.75) is 12.8 Å². The second-order valence-corrected chi connectivity index (χ2v) is 7.45. The van der Waals surface area contributed by atoms with E-state index in [0.29, 0.717) is 38.5 Å². The lowest BCUT2D eigenvalue weighted by atomic mass is 10.1. The number of benzene rings is 2. The van der Waals surface area contributed by atoms with Crippen molar-refractivity contribution in [1.29, 1.82) is 0 Å². The molecule has 0 atom stereocenters. The van der Waals surface area contributed by atoms with Gasteiger partial charge in [0.25, 0.3) is 0 Å². The average molecular weight is 401 g/mol. The molecule has 1 saturated heterocycles. The SMILES string of the molecule is O=C(CCc1c[nH]c2ccccc12)N1CCN(c2nnnn2-c2ccccc2)CC1. The molecule has 2 aromatic carbocycles. The van der Waals surface area contributed by atoms with Crippen LogP contribution in [0.2, 0.25) is 0 Å². The van der Waals surface area contributed by atoms with Crippen LogP contribution in [0.5, 0.6) is 0 Å². The largest absolute Gasteiger partial charge is 0.361 e. The fourth-order valence-electron chi connectivity index (χ4n) is 4.01. The van der Waals surface area contributed by atoms with E-state index in [9.17, 15) is 4.79 Å². The molecule has 0 bridgehead atoms. The van der Waals surface area contributed by atoms with Gasteiger partial charge in [-0.15, -0.1) is 0 Å². The second-order valence-electron chi connectivity index (χ2n) is 7.45. The fraction of sp³-hybridized carbons (Fsp3) is 0.273. The minimum Gasteiger partial charge on any atom is -0.361 e. The van der Waals surface area contributed by atoms with Gasteiger partial charge in [0, 0.05) is 49.7 Å². The number of tetrazole rings is 1. The molecule has 1 aliphatic heterocycles. The number of hydrogen-bond acceptors (Lipinski definition) is 5. The molecule has 4 aromatic rings. The molecule has 0 spiro atoms. The Hall–Kier alpha value is -3.68. The van der Waals surface area contributed by atoms with Crippen molar-refractivity contribution >= 4 is 22.8 Å². The zero-order valence-electron chi connectivity index (χ0n) is 16.6. The van der Waals surface area contributed by atoms with E-state index in [1.165, 1.54) is 10.9 Å². The molecule has 3 heterocycles. The van der Waals surface area contributed by atoms with Crippen molar-refractivity contribution in [3.8, 4) is 5.69 Å². The third-order valence-electron chi connectivity index (χ3n) is 5.65. The summed E-state index contributed by atoms with van der Waals surface area (Å²) in [5, 5.41) is 13.4. The fourth-order valence-corrected chi connectivity index (χ4v) is 4.01. The van der Waals surface area contributed by atoms with Crippen molar-refractivity contribution in [3.05, 3.63) is 66.4 Å². The Balaban J connectivity index is 1.19. The molecule has 1 aliphatic rings. The summed E-state index contributed by atoms with van der Waals surface area (Å²) in [5.74, 6) is 0.912. The zero-order valence-corrected chi connectivity index (χ0v) is 16.6. The van der Waals surface area contributed by atoms with E-state index >= 15 is 0 Å². The summed E-state index contributed by atoms with van der Waals surface area (Å²) in [6, 6.07) is 18.1. The standard InChI is InChI=1S/C22H23N7O/c30-21(11-10-17-16-23-20-9-5-4-8-19(17)20)27-12-14-28(15-13-27)22-24-25-26-29(22)18-6-2-1-3-7-18/h1-9,16,23H,10-15H2. The van der Waals surface area contributed by atoms with E-state index in [2.05, 4.69) is 37.5 Å². The number of hydrogen-bond donors (Lipinski definition) is 1. The molecule has 30 heavy (non-hydrogen) atoms. The maximum Gasteiger partial charge on any atom is 0.250 e. The van der Waals surface area contributed by atoms with Crippen LogP contribution in [-0.2, 0) is 11.2 Å². The lowest BCUT2D eigenvalue weighted by Gasteiger charge is -2.34. The van der Waals surface area contributed by atoms with E-state index in [0.717, 1.165) is 17.6 Å². The van der Waals surface area contributed by atoms with Gasteiger partial charge in [0.1, 0.15) is 0 Å². The van der Waals surface area contributed by atoms with Crippen molar-refractivity contribution in [2.24, 2.45) is 0 Å². The van der Waals surface area contributed by atoms with E-state index in [1.807, 2.05) is 53.6 Å². The smallest absolute Gasteiger partial charge is 0.250 e. The number of carbonyl (C=O) groups excluding carboxylic acids is 1. The van der Waals surface area contributed by atoms with Gasteiger partial charge in [-0.25, -0.2) is 0 Å². The molecule has 1 fully saturated rings. The highest BCUT2D eigenvalue weighted by Crippen LogP contribution is 2.20. The van der Waals surface area contributed by atoms with Gasteiger partial charge in [0.15, 0.2) is 0 Å². The van der Waals surface area contributed by atoms with Crippen LogP contribution >= 0.6 is 0 Å². The summed E-state index contributed by atoms with van der Waals surface area (Å²) < 4.78 is 1.74. The molecule has 0 saturated carbocycles. The van der Waals surface area contributed by atoms with E-state index in [4.69, 9.17) is 0 Å². The number of fused-ring (bicyclic) bond motifs is 1. The van der Waals surface area contributed by atoms with Crippen LogP contribution in [0.15, 0.2) is 60.8 Å². The number of nitrogens with zero attached hydrogens (tertiary/aromatic N) is 6. The molecular weight excluding hydrogens is 378 g/mol. The van der Waals surface area contributed by atoms with Gasteiger partial charge in [-0.3, -0.25) is 4.79 Å². The molecule has 152 valence electrons. The molecule has 1 amide bonds. The molecule has 0 aliphatic carbocycles. The Labute approximate surface area is 174 Å². The predicted octanol–water partition coefficient (Wildman–Crippen LogP) is 2.43. The number of rotatable bonds is 5. The van der Waals surface area contributed by atoms with Crippen molar-refractivity contribution in [1.82, 2.24) is 30.1 Å². The Morgan fingerprint density at radius 1 is 0.967 bits per heavy atom. The first-order chi connectivity index (χ1) is 14.8. The molecule has 2 aromatic heterocycles. The molecule has 0 unspecified atom stereocenters. The summed E-state index contributed by atoms with van der Waals surface area (Å²) in [4.78, 5) is 20.1. The third kappa shape index (κ3) is 3.52. The number of carbonyl (C=O) groups is 1. The van der Waals surface area contributed by atoms with Crippen LogP contribution in [0.3, 0.4) is 0 Å². The van der Waals surface area contributed by atoms with E-state index in [1.54, 1.807) is 4.68 Å². The van der Waals surface area contributed by atoms with Crippen LogP contribution in [0.25, 0.3) is 16.6 Å².